The second-order valence-corrected chi connectivity index (χ2v) is 8.33. The van der Waals surface area contributed by atoms with Gasteiger partial charge in [0.05, 0.1) is 17.0 Å². The monoisotopic (exact) mass is 460 g/mol. The molecule has 3 aromatic rings. The van der Waals surface area contributed by atoms with E-state index >= 15 is 0 Å². The molecule has 0 amide bonds. The van der Waals surface area contributed by atoms with Crippen LogP contribution in [0.4, 0.5) is 13.2 Å². The molecule has 5 nitrogen and oxygen atoms in total. The van der Waals surface area contributed by atoms with Crippen LogP contribution in [0.2, 0.25) is 0 Å². The molecule has 0 aliphatic heterocycles. The van der Waals surface area contributed by atoms with Crippen LogP contribution in [0.1, 0.15) is 54.3 Å². The van der Waals surface area contributed by atoms with Crippen LogP contribution in [0, 0.1) is 6.92 Å². The molecule has 0 atom stereocenters. The summed E-state index contributed by atoms with van der Waals surface area (Å²) in [6, 6.07) is 10.5. The number of hydrogen-bond donors (Lipinski definition) is 1. The molecule has 0 unspecified atom stereocenters. The summed E-state index contributed by atoms with van der Waals surface area (Å²) in [5.74, 6) is 0.485. The van der Waals surface area contributed by atoms with Crippen LogP contribution >= 0.6 is 0 Å². The Morgan fingerprint density at radius 1 is 1.15 bits per heavy atom. The Bertz CT molecular complexity index is 1130. The summed E-state index contributed by atoms with van der Waals surface area (Å²) in [4.78, 5) is 15.5. The molecule has 0 spiro atoms. The zero-order valence-corrected chi connectivity index (χ0v) is 19.0. The minimum Gasteiger partial charge on any atom is -0.487 e. The van der Waals surface area contributed by atoms with Crippen LogP contribution in [0.3, 0.4) is 0 Å². The van der Waals surface area contributed by atoms with Crippen molar-refractivity contribution in [2.45, 2.75) is 52.3 Å². The Labute approximate surface area is 190 Å². The minimum atomic E-state index is -4.39. The third-order valence-electron chi connectivity index (χ3n) is 5.56. The third-order valence-corrected chi connectivity index (χ3v) is 5.56. The lowest BCUT2D eigenvalue weighted by atomic mass is 10.0. The van der Waals surface area contributed by atoms with Crippen molar-refractivity contribution in [1.29, 1.82) is 0 Å². The quantitative estimate of drug-likeness (QED) is 0.439. The molecule has 0 fully saturated rings. The molecule has 1 N–H and O–H groups in total. The topological polar surface area (TPSA) is 64.4 Å². The maximum atomic E-state index is 12.9. The number of rotatable bonds is 8. The molecule has 1 heterocycles. The van der Waals surface area contributed by atoms with Gasteiger partial charge in [0.15, 0.2) is 0 Å². The smallest absolute Gasteiger partial charge is 0.416 e. The molecule has 1 aromatic heterocycles. The van der Waals surface area contributed by atoms with Crippen LogP contribution in [-0.4, -0.2) is 20.6 Å². The number of imidazole rings is 1. The van der Waals surface area contributed by atoms with Crippen molar-refractivity contribution in [1.82, 2.24) is 9.55 Å². The van der Waals surface area contributed by atoms with E-state index < -0.39 is 17.7 Å². The Morgan fingerprint density at radius 3 is 2.36 bits per heavy atom. The number of aromatic nitrogens is 2. The predicted octanol–water partition coefficient (Wildman–Crippen LogP) is 6.13. The molecule has 2 aromatic carbocycles. The molecule has 3 rings (SSSR count). The summed E-state index contributed by atoms with van der Waals surface area (Å²) in [7, 11) is 1.82. The van der Waals surface area contributed by atoms with Gasteiger partial charge in [0, 0.05) is 19.0 Å². The Morgan fingerprint density at radius 2 is 1.82 bits per heavy atom. The van der Waals surface area contributed by atoms with Crippen LogP contribution in [0.15, 0.2) is 42.5 Å². The van der Waals surface area contributed by atoms with Crippen LogP contribution in [-0.2, 0) is 31.0 Å². The van der Waals surface area contributed by atoms with Gasteiger partial charge in [-0.15, -0.1) is 0 Å². The van der Waals surface area contributed by atoms with Gasteiger partial charge < -0.3 is 14.4 Å². The Kier molecular flexibility index (Phi) is 7.15. The van der Waals surface area contributed by atoms with E-state index in [9.17, 15) is 18.0 Å². The number of nitrogens with zero attached hydrogens (tertiary/aromatic N) is 2. The van der Waals surface area contributed by atoms with Crippen molar-refractivity contribution in [3.8, 4) is 17.1 Å². The van der Waals surface area contributed by atoms with Gasteiger partial charge >= 0.3 is 12.1 Å². The summed E-state index contributed by atoms with van der Waals surface area (Å²) in [5, 5.41) is 8.88. The number of ether oxygens (including phenoxy) is 1. The van der Waals surface area contributed by atoms with Crippen LogP contribution < -0.4 is 4.74 Å². The highest BCUT2D eigenvalue weighted by atomic mass is 19.4. The lowest BCUT2D eigenvalue weighted by molar-refractivity contribution is -0.138. The summed E-state index contributed by atoms with van der Waals surface area (Å²) in [6.45, 7) is 6.16. The summed E-state index contributed by atoms with van der Waals surface area (Å²) in [6.07, 6.45) is -3.86. The van der Waals surface area contributed by atoms with Crippen molar-refractivity contribution >= 4 is 5.97 Å². The molecule has 8 heteroatoms. The number of carboxylic acid groups (broad SMARTS) is 1. The van der Waals surface area contributed by atoms with Gasteiger partial charge in [-0.2, -0.15) is 13.2 Å². The first-order valence-electron chi connectivity index (χ1n) is 10.6. The van der Waals surface area contributed by atoms with Crippen molar-refractivity contribution in [2.24, 2.45) is 7.05 Å². The van der Waals surface area contributed by atoms with Gasteiger partial charge in [-0.25, -0.2) is 4.98 Å². The highest BCUT2D eigenvalue weighted by Gasteiger charge is 2.30. The van der Waals surface area contributed by atoms with Gasteiger partial charge in [-0.1, -0.05) is 32.0 Å². The minimum absolute atomic E-state index is 0.0700. The maximum Gasteiger partial charge on any atom is 0.416 e. The normalized spacial score (nSPS) is 11.8. The van der Waals surface area contributed by atoms with Crippen molar-refractivity contribution in [3.05, 3.63) is 70.5 Å². The second-order valence-electron chi connectivity index (χ2n) is 8.33. The molecule has 0 radical (unpaired) electrons. The highest BCUT2D eigenvalue weighted by Crippen LogP contribution is 2.32. The largest absolute Gasteiger partial charge is 0.487 e. The molecule has 0 saturated carbocycles. The van der Waals surface area contributed by atoms with E-state index in [1.165, 1.54) is 12.1 Å². The lowest BCUT2D eigenvalue weighted by Crippen LogP contribution is -2.07. The first-order chi connectivity index (χ1) is 15.5. The maximum absolute atomic E-state index is 12.9. The van der Waals surface area contributed by atoms with Crippen LogP contribution in [0.5, 0.6) is 5.75 Å². The van der Waals surface area contributed by atoms with Crippen LogP contribution in [0.25, 0.3) is 11.4 Å². The van der Waals surface area contributed by atoms with Gasteiger partial charge in [0.2, 0.25) is 0 Å². The molecule has 0 aliphatic carbocycles. The lowest BCUT2D eigenvalue weighted by Gasteiger charge is -2.13. The fraction of sp³-hybridized carbons (Fsp3) is 0.360. The van der Waals surface area contributed by atoms with Crippen molar-refractivity contribution in [3.63, 3.8) is 0 Å². The summed E-state index contributed by atoms with van der Waals surface area (Å²) in [5.41, 5.74) is 3.47. The number of alkyl halides is 3. The van der Waals surface area contributed by atoms with E-state index in [0.29, 0.717) is 23.6 Å². The van der Waals surface area contributed by atoms with E-state index in [1.54, 1.807) is 0 Å². The Hall–Kier alpha value is -3.29. The average Bonchev–Trinajstić information content (AvgIpc) is 3.07. The second kappa shape index (κ2) is 9.68. The number of hydrogen-bond acceptors (Lipinski definition) is 3. The molecule has 33 heavy (non-hydrogen) atoms. The van der Waals surface area contributed by atoms with Crippen molar-refractivity contribution in [2.75, 3.05) is 0 Å². The highest BCUT2D eigenvalue weighted by molar-refractivity contribution is 5.67. The molecule has 0 bridgehead atoms. The average molecular weight is 460 g/mol. The molecular formula is C25H27F3N2O3. The Balaban J connectivity index is 1.83. The van der Waals surface area contributed by atoms with Crippen molar-refractivity contribution < 1.29 is 27.8 Å². The third kappa shape index (κ3) is 5.74. The summed E-state index contributed by atoms with van der Waals surface area (Å²) >= 11 is 0. The fourth-order valence-electron chi connectivity index (χ4n) is 3.68. The predicted molar refractivity (Wildman–Crippen MR) is 119 cm³/mol. The van der Waals surface area contributed by atoms with E-state index in [2.05, 4.69) is 0 Å². The number of aryl methyl sites for hydroxylation is 2. The number of benzene rings is 2. The number of halogens is 3. The van der Waals surface area contributed by atoms with E-state index in [-0.39, 0.29) is 18.9 Å². The number of aliphatic carboxylic acids is 1. The zero-order chi connectivity index (χ0) is 24.3. The van der Waals surface area contributed by atoms with E-state index in [0.717, 1.165) is 34.6 Å². The molecule has 0 aliphatic rings. The van der Waals surface area contributed by atoms with E-state index in [4.69, 9.17) is 14.8 Å². The fourth-order valence-corrected chi connectivity index (χ4v) is 3.68. The van der Waals surface area contributed by atoms with Gasteiger partial charge in [-0.05, 0) is 54.7 Å². The van der Waals surface area contributed by atoms with Gasteiger partial charge in [0.25, 0.3) is 0 Å². The SMILES string of the molecule is Cc1cc(OCc2c(C(C)C)nc(-c3ccc(C(F)(F)F)cc3)n2C)ccc1CCC(=O)O. The van der Waals surface area contributed by atoms with E-state index in [1.807, 2.05) is 50.6 Å². The molecule has 176 valence electrons. The number of carboxylic acids is 1. The zero-order valence-electron chi connectivity index (χ0n) is 19.0. The number of carbonyl (C=O) groups is 1. The first-order valence-corrected chi connectivity index (χ1v) is 10.6. The standard InChI is InChI=1S/C25H27F3N2O3/c1-15(2)23-21(14-33-20-11-7-17(16(3)13-20)8-12-22(31)32)30(4)24(29-23)18-5-9-19(10-6-18)25(26,27)28/h5-7,9-11,13,15H,8,12,14H2,1-4H3,(H,31,32). The molecule has 0 saturated heterocycles. The van der Waals surface area contributed by atoms with Gasteiger partial charge in [-0.3, -0.25) is 4.79 Å². The molecular weight excluding hydrogens is 433 g/mol. The summed E-state index contributed by atoms with van der Waals surface area (Å²) < 4.78 is 46.6. The first kappa shape index (κ1) is 24.4. The van der Waals surface area contributed by atoms with Gasteiger partial charge in [0.1, 0.15) is 18.2 Å².